The highest BCUT2D eigenvalue weighted by atomic mass is 19.1. The maximum atomic E-state index is 14.6. The highest BCUT2D eigenvalue weighted by Gasteiger charge is 2.26. The van der Waals surface area contributed by atoms with Gasteiger partial charge in [-0.2, -0.15) is 10.2 Å². The standard InChI is InChI=1S/C24H25FN6O3.CH2O2/c1-2-33-17-7-5-16(6-8-17)31-14-19(23(30-31)22-18(25)4-3-11-26-22)29-24(32)21-10-9-20(34-21)15-12-27-28-13-15;2-1-3/h3-4,9-14,16-17H,2,5-8H2,1H3,(H,27,28)(H,29,32);1H,(H,2,3)/t16-,17-;. The SMILES string of the molecule is CCO[C@H]1CC[C@H](n2cc(NC(=O)c3ccc(-c4cn[nH]c4)o3)c(-c3ncccc3F)n2)CC1.O=CO. The van der Waals surface area contributed by atoms with E-state index in [4.69, 9.17) is 19.1 Å². The van der Waals surface area contributed by atoms with E-state index in [0.717, 1.165) is 31.2 Å². The minimum Gasteiger partial charge on any atom is -0.483 e. The number of carboxylic acid groups (broad SMARTS) is 1. The molecule has 0 saturated heterocycles. The third kappa shape index (κ3) is 6.09. The summed E-state index contributed by atoms with van der Waals surface area (Å²) in [7, 11) is 0. The number of H-pyrrole nitrogens is 1. The lowest BCUT2D eigenvalue weighted by atomic mass is 9.93. The largest absolute Gasteiger partial charge is 0.483 e. The number of carbonyl (C=O) groups excluding carboxylic acids is 1. The number of aromatic nitrogens is 5. The van der Waals surface area contributed by atoms with Gasteiger partial charge in [-0.15, -0.1) is 0 Å². The topological polar surface area (TPSA) is 148 Å². The zero-order chi connectivity index (χ0) is 26.2. The summed E-state index contributed by atoms with van der Waals surface area (Å²) < 4.78 is 27.8. The lowest BCUT2D eigenvalue weighted by molar-refractivity contribution is -0.122. The smallest absolute Gasteiger partial charge is 0.291 e. The van der Waals surface area contributed by atoms with Crippen molar-refractivity contribution >= 4 is 18.1 Å². The molecular formula is C25H27FN6O5. The molecule has 1 amide bonds. The van der Waals surface area contributed by atoms with Crippen molar-refractivity contribution in [1.29, 1.82) is 0 Å². The van der Waals surface area contributed by atoms with Crippen molar-refractivity contribution in [2.45, 2.75) is 44.8 Å². The van der Waals surface area contributed by atoms with Gasteiger partial charge in [-0.25, -0.2) is 4.39 Å². The van der Waals surface area contributed by atoms with Gasteiger partial charge >= 0.3 is 0 Å². The number of furan rings is 1. The number of hydrogen-bond donors (Lipinski definition) is 3. The summed E-state index contributed by atoms with van der Waals surface area (Å²) in [6.45, 7) is 2.45. The van der Waals surface area contributed by atoms with Crippen LogP contribution in [0.2, 0.25) is 0 Å². The highest BCUT2D eigenvalue weighted by Crippen LogP contribution is 2.34. The van der Waals surface area contributed by atoms with Crippen LogP contribution in [0, 0.1) is 5.82 Å². The van der Waals surface area contributed by atoms with Crippen molar-refractivity contribution in [3.05, 3.63) is 60.6 Å². The van der Waals surface area contributed by atoms with E-state index in [2.05, 4.69) is 25.6 Å². The third-order valence-corrected chi connectivity index (χ3v) is 6.00. The summed E-state index contributed by atoms with van der Waals surface area (Å²) in [5.74, 6) is -0.347. The fraction of sp³-hybridized carbons (Fsp3) is 0.320. The van der Waals surface area contributed by atoms with E-state index >= 15 is 0 Å². The molecule has 0 radical (unpaired) electrons. The number of hydrogen-bond acceptors (Lipinski definition) is 7. The molecule has 1 saturated carbocycles. The second-order valence-electron chi connectivity index (χ2n) is 8.30. The second kappa shape index (κ2) is 12.1. The van der Waals surface area contributed by atoms with Crippen molar-refractivity contribution in [3.8, 4) is 22.7 Å². The summed E-state index contributed by atoms with van der Waals surface area (Å²) in [6.07, 6.45) is 10.4. The Kier molecular flexibility index (Phi) is 8.41. The van der Waals surface area contributed by atoms with E-state index in [9.17, 15) is 9.18 Å². The average Bonchev–Trinajstić information content (AvgIpc) is 3.67. The van der Waals surface area contributed by atoms with Gasteiger partial charge in [0.2, 0.25) is 0 Å². The average molecular weight is 511 g/mol. The van der Waals surface area contributed by atoms with Crippen molar-refractivity contribution < 1.29 is 28.2 Å². The molecule has 12 heteroatoms. The van der Waals surface area contributed by atoms with Crippen LogP contribution in [0.1, 0.15) is 49.2 Å². The Labute approximate surface area is 211 Å². The number of carbonyl (C=O) groups is 2. The molecule has 1 aliphatic carbocycles. The Morgan fingerprint density at radius 1 is 1.30 bits per heavy atom. The predicted molar refractivity (Wildman–Crippen MR) is 131 cm³/mol. The molecular weight excluding hydrogens is 483 g/mol. The van der Waals surface area contributed by atoms with E-state index < -0.39 is 11.7 Å². The van der Waals surface area contributed by atoms with Crippen molar-refractivity contribution in [2.24, 2.45) is 0 Å². The molecule has 1 fully saturated rings. The number of amides is 1. The molecule has 194 valence electrons. The quantitative estimate of drug-likeness (QED) is 0.307. The van der Waals surface area contributed by atoms with Gasteiger partial charge in [-0.05, 0) is 56.9 Å². The van der Waals surface area contributed by atoms with Gasteiger partial charge in [0.25, 0.3) is 12.4 Å². The Morgan fingerprint density at radius 2 is 2.08 bits per heavy atom. The summed E-state index contributed by atoms with van der Waals surface area (Å²) >= 11 is 0. The minimum absolute atomic E-state index is 0.0816. The number of ether oxygens (including phenoxy) is 1. The van der Waals surface area contributed by atoms with Gasteiger partial charge in [-0.1, -0.05) is 0 Å². The molecule has 0 spiro atoms. The van der Waals surface area contributed by atoms with Crippen LogP contribution >= 0.6 is 0 Å². The van der Waals surface area contributed by atoms with Crippen LogP contribution < -0.4 is 5.32 Å². The van der Waals surface area contributed by atoms with Crippen LogP contribution in [-0.2, 0) is 9.53 Å². The van der Waals surface area contributed by atoms with Crippen LogP contribution in [-0.4, -0.2) is 55.2 Å². The second-order valence-corrected chi connectivity index (χ2v) is 8.30. The molecule has 4 heterocycles. The van der Waals surface area contributed by atoms with Gasteiger partial charge in [0, 0.05) is 25.2 Å². The first-order chi connectivity index (χ1) is 18.0. The Morgan fingerprint density at radius 3 is 2.76 bits per heavy atom. The lowest BCUT2D eigenvalue weighted by Gasteiger charge is -2.28. The van der Waals surface area contributed by atoms with Gasteiger partial charge in [0.1, 0.15) is 17.1 Å². The fourth-order valence-electron chi connectivity index (χ4n) is 4.30. The molecule has 0 bridgehead atoms. The van der Waals surface area contributed by atoms with E-state index in [1.165, 1.54) is 18.3 Å². The van der Waals surface area contributed by atoms with Gasteiger partial charge in [-0.3, -0.25) is 24.4 Å². The molecule has 1 aliphatic rings. The molecule has 37 heavy (non-hydrogen) atoms. The molecule has 5 rings (SSSR count). The zero-order valence-electron chi connectivity index (χ0n) is 20.1. The van der Waals surface area contributed by atoms with Gasteiger partial charge < -0.3 is 19.6 Å². The molecule has 0 aliphatic heterocycles. The predicted octanol–water partition coefficient (Wildman–Crippen LogP) is 4.54. The zero-order valence-corrected chi connectivity index (χ0v) is 20.1. The van der Waals surface area contributed by atoms with Gasteiger partial charge in [0.15, 0.2) is 11.6 Å². The van der Waals surface area contributed by atoms with Crippen LogP contribution in [0.4, 0.5) is 10.1 Å². The first kappa shape index (κ1) is 25.8. The summed E-state index contributed by atoms with van der Waals surface area (Å²) in [5.41, 5.74) is 1.46. The van der Waals surface area contributed by atoms with Crippen molar-refractivity contribution in [1.82, 2.24) is 25.0 Å². The molecule has 4 aromatic rings. The molecule has 0 unspecified atom stereocenters. The Bertz CT molecular complexity index is 1310. The molecule has 0 atom stereocenters. The van der Waals surface area contributed by atoms with Crippen molar-refractivity contribution in [3.63, 3.8) is 0 Å². The number of anilines is 1. The maximum Gasteiger partial charge on any atom is 0.291 e. The molecule has 11 nitrogen and oxygen atoms in total. The number of halogens is 1. The molecule has 4 aromatic heterocycles. The van der Waals surface area contributed by atoms with E-state index in [-0.39, 0.29) is 35.8 Å². The van der Waals surface area contributed by atoms with Crippen molar-refractivity contribution in [2.75, 3.05) is 11.9 Å². The summed E-state index contributed by atoms with van der Waals surface area (Å²) in [6, 6.07) is 6.24. The maximum absolute atomic E-state index is 14.6. The summed E-state index contributed by atoms with van der Waals surface area (Å²) in [5, 5.41) is 21.0. The van der Waals surface area contributed by atoms with Crippen LogP contribution in [0.3, 0.4) is 0 Å². The number of aromatic amines is 1. The van der Waals surface area contributed by atoms with Crippen LogP contribution in [0.25, 0.3) is 22.7 Å². The van der Waals surface area contributed by atoms with Crippen LogP contribution in [0.5, 0.6) is 0 Å². The normalized spacial score (nSPS) is 17.0. The summed E-state index contributed by atoms with van der Waals surface area (Å²) in [4.78, 5) is 25.5. The lowest BCUT2D eigenvalue weighted by Crippen LogP contribution is -2.24. The number of rotatable bonds is 7. The third-order valence-electron chi connectivity index (χ3n) is 6.00. The first-order valence-corrected chi connectivity index (χ1v) is 11.8. The fourth-order valence-corrected chi connectivity index (χ4v) is 4.30. The highest BCUT2D eigenvalue weighted by molar-refractivity contribution is 6.04. The number of nitrogens with one attached hydrogen (secondary N) is 2. The molecule has 3 N–H and O–H groups in total. The van der Waals surface area contributed by atoms with E-state index in [1.807, 2.05) is 6.92 Å². The van der Waals surface area contributed by atoms with Gasteiger partial charge in [0.05, 0.1) is 29.6 Å². The van der Waals surface area contributed by atoms with E-state index in [0.29, 0.717) is 18.1 Å². The molecule has 0 aromatic carbocycles. The monoisotopic (exact) mass is 510 g/mol. The first-order valence-electron chi connectivity index (χ1n) is 11.8. The van der Waals surface area contributed by atoms with Crippen LogP contribution in [0.15, 0.2) is 53.5 Å². The Balaban J connectivity index is 0.00000102. The number of nitrogens with zero attached hydrogens (tertiary/aromatic N) is 4. The minimum atomic E-state index is -0.511. The Hall–Kier alpha value is -4.32. The van der Waals surface area contributed by atoms with E-state index in [1.54, 1.807) is 35.4 Å². The number of pyridine rings is 1.